The Bertz CT molecular complexity index is 724. The molecule has 0 saturated carbocycles. The normalized spacial score (nSPS) is 22.0. The quantitative estimate of drug-likeness (QED) is 0.240. The maximum Gasteiger partial charge on any atom is 0.351 e. The molecule has 0 bridgehead atoms. The van der Waals surface area contributed by atoms with Crippen molar-refractivity contribution in [2.24, 2.45) is 5.73 Å². The van der Waals surface area contributed by atoms with E-state index in [0.29, 0.717) is 25.0 Å². The minimum atomic E-state index is -0.602. The molecule has 1 aliphatic heterocycles. The van der Waals surface area contributed by atoms with Gasteiger partial charge in [0, 0.05) is 19.2 Å². The summed E-state index contributed by atoms with van der Waals surface area (Å²) in [4.78, 5) is 16.0. The molecule has 0 aliphatic carbocycles. The Hall–Kier alpha value is -2.22. The molecule has 1 aromatic rings. The third-order valence-corrected chi connectivity index (χ3v) is 3.81. The van der Waals surface area contributed by atoms with Gasteiger partial charge in [0.2, 0.25) is 0 Å². The Balaban J connectivity index is 2.17. The van der Waals surface area contributed by atoms with E-state index in [2.05, 4.69) is 23.4 Å². The van der Waals surface area contributed by atoms with E-state index in [4.69, 9.17) is 25.7 Å². The lowest BCUT2D eigenvalue weighted by Crippen LogP contribution is -2.28. The summed E-state index contributed by atoms with van der Waals surface area (Å²) < 4.78 is 18.1. The Labute approximate surface area is 151 Å². The maximum absolute atomic E-state index is 12.2. The average Bonchev–Trinajstić information content (AvgIpc) is 3.01. The number of nitrogen functional groups attached to an aromatic ring is 1. The monoisotopic (exact) mass is 364 g/mol. The Morgan fingerprint density at radius 3 is 3.08 bits per heavy atom. The number of aromatic nitrogens is 2. The molecule has 0 amide bonds. The van der Waals surface area contributed by atoms with E-state index < -0.39 is 11.9 Å². The van der Waals surface area contributed by atoms with Gasteiger partial charge in [-0.25, -0.2) is 4.79 Å². The minimum absolute atomic E-state index is 0.0442. The van der Waals surface area contributed by atoms with Gasteiger partial charge in [0.1, 0.15) is 18.8 Å². The van der Waals surface area contributed by atoms with Crippen molar-refractivity contribution in [2.75, 3.05) is 32.3 Å². The summed E-state index contributed by atoms with van der Waals surface area (Å²) in [6.45, 7) is 4.10. The second-order valence-electron chi connectivity index (χ2n) is 5.60. The predicted molar refractivity (Wildman–Crippen MR) is 95.0 cm³/mol. The number of aliphatic hydroxyl groups is 1. The molecule has 2 heterocycles. The van der Waals surface area contributed by atoms with Crippen molar-refractivity contribution in [3.8, 4) is 11.8 Å². The van der Waals surface area contributed by atoms with E-state index in [9.17, 15) is 9.90 Å². The Morgan fingerprint density at radius 1 is 1.58 bits per heavy atom. The lowest BCUT2D eigenvalue weighted by atomic mass is 10.1. The molecular weight excluding hydrogens is 340 g/mol. The fourth-order valence-corrected chi connectivity index (χ4v) is 2.63. The van der Waals surface area contributed by atoms with Crippen LogP contribution in [-0.2, 0) is 14.2 Å². The van der Waals surface area contributed by atoms with Crippen molar-refractivity contribution in [3.63, 3.8) is 0 Å². The van der Waals surface area contributed by atoms with Crippen LogP contribution in [0.2, 0.25) is 0 Å². The zero-order valence-corrected chi connectivity index (χ0v) is 14.5. The van der Waals surface area contributed by atoms with Gasteiger partial charge in [0.15, 0.2) is 0 Å². The highest BCUT2D eigenvalue weighted by Crippen LogP contribution is 2.31. The van der Waals surface area contributed by atoms with Crippen molar-refractivity contribution in [1.29, 1.82) is 0 Å². The van der Waals surface area contributed by atoms with Gasteiger partial charge < -0.3 is 30.8 Å². The second kappa shape index (κ2) is 10.1. The SMILES string of the molecule is C=CCOCO[C@@H]1CC(n2cc(C#CCN)c(N)nc2=O)OC1CCO. The van der Waals surface area contributed by atoms with Gasteiger partial charge in [-0.15, -0.1) is 6.58 Å². The second-order valence-corrected chi connectivity index (χ2v) is 5.60. The molecular formula is C17H24N4O5. The van der Waals surface area contributed by atoms with E-state index in [1.807, 2.05) is 0 Å². The van der Waals surface area contributed by atoms with Gasteiger partial charge in [0.05, 0.1) is 30.9 Å². The van der Waals surface area contributed by atoms with E-state index in [0.717, 1.165) is 0 Å². The van der Waals surface area contributed by atoms with Crippen LogP contribution in [0.25, 0.3) is 0 Å². The van der Waals surface area contributed by atoms with Gasteiger partial charge in [0.25, 0.3) is 0 Å². The average molecular weight is 364 g/mol. The number of anilines is 1. The zero-order chi connectivity index (χ0) is 18.9. The number of hydrogen-bond acceptors (Lipinski definition) is 8. The fraction of sp³-hybridized carbons (Fsp3) is 0.529. The molecule has 1 saturated heterocycles. The molecule has 0 radical (unpaired) electrons. The fourth-order valence-electron chi connectivity index (χ4n) is 2.63. The summed E-state index contributed by atoms with van der Waals surface area (Å²) in [6.07, 6.45) is 2.59. The van der Waals surface area contributed by atoms with Crippen molar-refractivity contribution in [2.45, 2.75) is 31.3 Å². The number of rotatable bonds is 8. The highest BCUT2D eigenvalue weighted by atomic mass is 16.7. The lowest BCUT2D eigenvalue weighted by molar-refractivity contribution is -0.108. The van der Waals surface area contributed by atoms with E-state index in [-0.39, 0.29) is 38.0 Å². The molecule has 5 N–H and O–H groups in total. The molecule has 9 nitrogen and oxygen atoms in total. The van der Waals surface area contributed by atoms with Crippen LogP contribution in [0.1, 0.15) is 24.6 Å². The number of aliphatic hydroxyl groups excluding tert-OH is 1. The molecule has 9 heteroatoms. The molecule has 0 spiro atoms. The number of ether oxygens (including phenoxy) is 3. The van der Waals surface area contributed by atoms with Crippen LogP contribution in [0.4, 0.5) is 5.82 Å². The van der Waals surface area contributed by atoms with Crippen LogP contribution < -0.4 is 17.2 Å². The van der Waals surface area contributed by atoms with Crippen molar-refractivity contribution < 1.29 is 19.3 Å². The molecule has 3 atom stereocenters. The van der Waals surface area contributed by atoms with Crippen molar-refractivity contribution in [3.05, 3.63) is 34.9 Å². The highest BCUT2D eigenvalue weighted by Gasteiger charge is 2.37. The van der Waals surface area contributed by atoms with Gasteiger partial charge in [-0.2, -0.15) is 4.98 Å². The van der Waals surface area contributed by atoms with Crippen LogP contribution in [-0.4, -0.2) is 53.4 Å². The van der Waals surface area contributed by atoms with Crippen LogP contribution >= 0.6 is 0 Å². The van der Waals surface area contributed by atoms with Crippen molar-refractivity contribution in [1.82, 2.24) is 9.55 Å². The molecule has 26 heavy (non-hydrogen) atoms. The Morgan fingerprint density at radius 2 is 2.38 bits per heavy atom. The summed E-state index contributed by atoms with van der Waals surface area (Å²) in [5, 5.41) is 9.24. The first-order valence-electron chi connectivity index (χ1n) is 8.24. The summed E-state index contributed by atoms with van der Waals surface area (Å²) in [5.41, 5.74) is 11.0. The first-order valence-corrected chi connectivity index (χ1v) is 8.24. The third kappa shape index (κ3) is 5.14. The predicted octanol–water partition coefficient (Wildman–Crippen LogP) is -0.649. The third-order valence-electron chi connectivity index (χ3n) is 3.81. The van der Waals surface area contributed by atoms with E-state index >= 15 is 0 Å². The molecule has 0 aromatic carbocycles. The molecule has 142 valence electrons. The summed E-state index contributed by atoms with van der Waals surface area (Å²) >= 11 is 0. The van der Waals surface area contributed by atoms with Gasteiger partial charge >= 0.3 is 5.69 Å². The first kappa shape index (κ1) is 20.1. The number of nitrogens with zero attached hydrogens (tertiary/aromatic N) is 2. The summed E-state index contributed by atoms with van der Waals surface area (Å²) in [7, 11) is 0. The molecule has 2 unspecified atom stereocenters. The molecule has 1 aromatic heterocycles. The van der Waals surface area contributed by atoms with Gasteiger partial charge in [-0.05, 0) is 6.42 Å². The standard InChI is InChI=1S/C17H24N4O5/c1-2-8-24-11-25-14-9-15(26-13(14)5-7-22)21-10-12(4-3-6-18)16(19)20-17(21)23/h2,10,13-15,22H,1,5-9,11,18H2,(H2,19,20,23)/t13?,14-,15?/m1/s1. The zero-order valence-electron chi connectivity index (χ0n) is 14.5. The van der Waals surface area contributed by atoms with Crippen LogP contribution in [0.15, 0.2) is 23.6 Å². The van der Waals surface area contributed by atoms with Crippen molar-refractivity contribution >= 4 is 5.82 Å². The smallest absolute Gasteiger partial charge is 0.351 e. The molecule has 1 aliphatic rings. The number of hydrogen-bond donors (Lipinski definition) is 3. The Kier molecular flexibility index (Phi) is 7.77. The highest BCUT2D eigenvalue weighted by molar-refractivity contribution is 5.49. The van der Waals surface area contributed by atoms with Gasteiger partial charge in [-0.1, -0.05) is 17.9 Å². The molecule has 2 rings (SSSR count). The first-order chi connectivity index (χ1) is 12.6. The van der Waals surface area contributed by atoms with E-state index in [1.165, 1.54) is 10.8 Å². The largest absolute Gasteiger partial charge is 0.396 e. The number of nitrogens with two attached hydrogens (primary N) is 2. The minimum Gasteiger partial charge on any atom is -0.396 e. The van der Waals surface area contributed by atoms with E-state index in [1.54, 1.807) is 6.08 Å². The topological polar surface area (TPSA) is 135 Å². The van der Waals surface area contributed by atoms with Crippen LogP contribution in [0, 0.1) is 11.8 Å². The van der Waals surface area contributed by atoms with Crippen LogP contribution in [0.5, 0.6) is 0 Å². The van der Waals surface area contributed by atoms with Gasteiger partial charge in [-0.3, -0.25) is 4.57 Å². The molecule has 1 fully saturated rings. The maximum atomic E-state index is 12.2. The summed E-state index contributed by atoms with van der Waals surface area (Å²) in [6, 6.07) is 0. The lowest BCUT2D eigenvalue weighted by Gasteiger charge is -2.17. The van der Waals surface area contributed by atoms with Crippen LogP contribution in [0.3, 0.4) is 0 Å². The summed E-state index contributed by atoms with van der Waals surface area (Å²) in [5.74, 6) is 5.50.